The minimum absolute atomic E-state index is 0.00962. The van der Waals surface area contributed by atoms with Gasteiger partial charge in [0.15, 0.2) is 0 Å². The minimum Gasteiger partial charge on any atom is -0.385 e. The number of carbonyl (C=O) groups excluding carboxylic acids is 1. The van der Waals surface area contributed by atoms with Gasteiger partial charge in [-0.1, -0.05) is 29.8 Å². The van der Waals surface area contributed by atoms with Crippen molar-refractivity contribution < 1.29 is 4.79 Å². The van der Waals surface area contributed by atoms with E-state index in [0.717, 1.165) is 6.42 Å². The Morgan fingerprint density at radius 1 is 1.38 bits per heavy atom. The van der Waals surface area contributed by atoms with Gasteiger partial charge in [0, 0.05) is 6.54 Å². The molecular formula is C12H15N3O. The fraction of sp³-hybridized carbons (Fsp3) is 0.333. The number of carbonyl (C=O) groups is 1. The van der Waals surface area contributed by atoms with Crippen molar-refractivity contribution in [2.24, 2.45) is 10.8 Å². The molecule has 1 aliphatic heterocycles. The second-order valence-electron chi connectivity index (χ2n) is 4.02. The van der Waals surface area contributed by atoms with Gasteiger partial charge in [0.1, 0.15) is 5.84 Å². The zero-order valence-electron chi connectivity index (χ0n) is 9.31. The summed E-state index contributed by atoms with van der Waals surface area (Å²) in [6.45, 7) is 2.65. The highest BCUT2D eigenvalue weighted by atomic mass is 16.2. The predicted molar refractivity (Wildman–Crippen MR) is 62.8 cm³/mol. The summed E-state index contributed by atoms with van der Waals surface area (Å²) < 4.78 is 0. The number of benzene rings is 1. The highest BCUT2D eigenvalue weighted by Crippen LogP contribution is 2.09. The van der Waals surface area contributed by atoms with E-state index >= 15 is 0 Å². The summed E-state index contributed by atoms with van der Waals surface area (Å²) in [5, 5.41) is 5.43. The molecule has 1 amide bonds. The van der Waals surface area contributed by atoms with Gasteiger partial charge >= 0.3 is 0 Å². The molecule has 1 heterocycles. The van der Waals surface area contributed by atoms with Gasteiger partial charge in [-0.15, -0.1) is 0 Å². The Bertz CT molecular complexity index is 422. The highest BCUT2D eigenvalue weighted by Gasteiger charge is 2.20. The largest absolute Gasteiger partial charge is 0.385 e. The van der Waals surface area contributed by atoms with Crippen LogP contribution in [0.15, 0.2) is 29.4 Å². The Balaban J connectivity index is 1.93. The maximum Gasteiger partial charge on any atom is 0.250 e. The molecule has 4 heteroatoms. The third-order valence-corrected chi connectivity index (χ3v) is 2.60. The molecule has 0 bridgehead atoms. The van der Waals surface area contributed by atoms with Gasteiger partial charge in [0.2, 0.25) is 5.91 Å². The molecule has 0 atom stereocenters. The molecule has 0 fully saturated rings. The van der Waals surface area contributed by atoms with Crippen LogP contribution >= 0.6 is 0 Å². The van der Waals surface area contributed by atoms with Crippen LogP contribution in [0.25, 0.3) is 0 Å². The van der Waals surface area contributed by atoms with Gasteiger partial charge in [-0.05, 0) is 18.9 Å². The topological polar surface area (TPSA) is 58.7 Å². The van der Waals surface area contributed by atoms with Crippen molar-refractivity contribution in [3.63, 3.8) is 0 Å². The Labute approximate surface area is 94.7 Å². The molecule has 0 spiro atoms. The van der Waals surface area contributed by atoms with Gasteiger partial charge < -0.3 is 5.73 Å². The normalized spacial score (nSPS) is 15.4. The molecule has 1 aromatic rings. The first-order valence-electron chi connectivity index (χ1n) is 5.34. The maximum absolute atomic E-state index is 11.4. The summed E-state index contributed by atoms with van der Waals surface area (Å²) in [5.41, 5.74) is 7.94. The third kappa shape index (κ3) is 2.39. The minimum atomic E-state index is -0.00962. The number of aryl methyl sites for hydroxylation is 1. The summed E-state index contributed by atoms with van der Waals surface area (Å²) in [6.07, 6.45) is 1.07. The van der Waals surface area contributed by atoms with Crippen LogP contribution in [-0.2, 0) is 11.2 Å². The van der Waals surface area contributed by atoms with Crippen molar-refractivity contribution in [3.05, 3.63) is 35.4 Å². The molecule has 2 N–H and O–H groups in total. The molecule has 84 valence electrons. The molecular weight excluding hydrogens is 202 g/mol. The second kappa shape index (κ2) is 4.35. The van der Waals surface area contributed by atoms with Crippen molar-refractivity contribution in [3.8, 4) is 0 Å². The molecule has 4 nitrogen and oxygen atoms in total. The van der Waals surface area contributed by atoms with E-state index in [1.54, 1.807) is 0 Å². The van der Waals surface area contributed by atoms with Gasteiger partial charge in [-0.2, -0.15) is 5.10 Å². The van der Waals surface area contributed by atoms with Crippen LogP contribution < -0.4 is 5.73 Å². The lowest BCUT2D eigenvalue weighted by Gasteiger charge is -2.11. The first-order chi connectivity index (χ1) is 7.65. The zero-order valence-corrected chi connectivity index (χ0v) is 9.31. The van der Waals surface area contributed by atoms with Gasteiger partial charge in [-0.3, -0.25) is 4.79 Å². The van der Waals surface area contributed by atoms with Crippen molar-refractivity contribution in [1.29, 1.82) is 0 Å². The van der Waals surface area contributed by atoms with E-state index < -0.39 is 0 Å². The number of amides is 1. The van der Waals surface area contributed by atoms with Crippen molar-refractivity contribution >= 4 is 11.7 Å². The summed E-state index contributed by atoms with van der Waals surface area (Å²) in [6, 6.07) is 8.28. The van der Waals surface area contributed by atoms with Gasteiger partial charge in [0.05, 0.1) is 6.42 Å². The van der Waals surface area contributed by atoms with Crippen LogP contribution in [0.2, 0.25) is 0 Å². The fourth-order valence-electron chi connectivity index (χ4n) is 1.66. The zero-order chi connectivity index (χ0) is 11.5. The molecule has 2 rings (SSSR count). The van der Waals surface area contributed by atoms with E-state index in [-0.39, 0.29) is 12.3 Å². The average Bonchev–Trinajstić information content (AvgIpc) is 2.57. The molecule has 0 radical (unpaired) electrons. The predicted octanol–water partition coefficient (Wildman–Crippen LogP) is 1.04. The summed E-state index contributed by atoms with van der Waals surface area (Å²) in [4.78, 5) is 11.4. The Morgan fingerprint density at radius 3 is 2.62 bits per heavy atom. The highest BCUT2D eigenvalue weighted by molar-refractivity contribution is 6.02. The van der Waals surface area contributed by atoms with Crippen LogP contribution in [-0.4, -0.2) is 23.3 Å². The van der Waals surface area contributed by atoms with Gasteiger partial charge in [0.25, 0.3) is 0 Å². The molecule has 0 saturated heterocycles. The Hall–Kier alpha value is -1.84. The van der Waals surface area contributed by atoms with Crippen LogP contribution in [0.5, 0.6) is 0 Å². The number of nitrogens with zero attached hydrogens (tertiary/aromatic N) is 2. The summed E-state index contributed by atoms with van der Waals surface area (Å²) in [5.74, 6) is 0.401. The van der Waals surface area contributed by atoms with E-state index in [0.29, 0.717) is 12.4 Å². The van der Waals surface area contributed by atoms with Crippen molar-refractivity contribution in [1.82, 2.24) is 5.01 Å². The Morgan fingerprint density at radius 2 is 2.06 bits per heavy atom. The molecule has 0 aliphatic carbocycles. The van der Waals surface area contributed by atoms with E-state index in [1.165, 1.54) is 16.1 Å². The quantitative estimate of drug-likeness (QED) is 0.822. The SMILES string of the molecule is Cc1ccc(CCN2N=C(N)CC2=O)cc1. The number of amidine groups is 1. The van der Waals surface area contributed by atoms with E-state index in [2.05, 4.69) is 36.3 Å². The molecule has 16 heavy (non-hydrogen) atoms. The molecule has 0 saturated carbocycles. The lowest BCUT2D eigenvalue weighted by atomic mass is 10.1. The van der Waals surface area contributed by atoms with Gasteiger partial charge in [-0.25, -0.2) is 5.01 Å². The van der Waals surface area contributed by atoms with E-state index in [1.807, 2.05) is 0 Å². The first kappa shape index (κ1) is 10.7. The van der Waals surface area contributed by atoms with Crippen LogP contribution in [0, 0.1) is 6.92 Å². The third-order valence-electron chi connectivity index (χ3n) is 2.60. The fourth-order valence-corrected chi connectivity index (χ4v) is 1.66. The molecule has 1 aliphatic rings. The first-order valence-corrected chi connectivity index (χ1v) is 5.34. The smallest absolute Gasteiger partial charge is 0.250 e. The molecule has 0 aromatic heterocycles. The second-order valence-corrected chi connectivity index (χ2v) is 4.02. The lowest BCUT2D eigenvalue weighted by Crippen LogP contribution is -2.23. The number of hydrazone groups is 1. The summed E-state index contributed by atoms with van der Waals surface area (Å²) >= 11 is 0. The monoisotopic (exact) mass is 217 g/mol. The molecule has 1 aromatic carbocycles. The van der Waals surface area contributed by atoms with Crippen molar-refractivity contribution in [2.75, 3.05) is 6.54 Å². The number of rotatable bonds is 3. The van der Waals surface area contributed by atoms with Crippen LogP contribution in [0.3, 0.4) is 0 Å². The lowest BCUT2D eigenvalue weighted by molar-refractivity contribution is -0.128. The maximum atomic E-state index is 11.4. The standard InChI is InChI=1S/C12H15N3O/c1-9-2-4-10(5-3-9)6-7-15-12(16)8-11(13)14-15/h2-5H,6-8H2,1H3,(H2,13,14). The van der Waals surface area contributed by atoms with Crippen LogP contribution in [0.1, 0.15) is 17.5 Å². The molecule has 0 unspecified atom stereocenters. The Kier molecular flexibility index (Phi) is 2.90. The average molecular weight is 217 g/mol. The number of nitrogens with two attached hydrogens (primary N) is 1. The van der Waals surface area contributed by atoms with E-state index in [9.17, 15) is 4.79 Å². The number of hydrogen-bond acceptors (Lipinski definition) is 3. The van der Waals surface area contributed by atoms with E-state index in [4.69, 9.17) is 5.73 Å². The summed E-state index contributed by atoms with van der Waals surface area (Å²) in [7, 11) is 0. The number of hydrogen-bond donors (Lipinski definition) is 1. The van der Waals surface area contributed by atoms with Crippen LogP contribution in [0.4, 0.5) is 0 Å². The van der Waals surface area contributed by atoms with Crippen molar-refractivity contribution in [2.45, 2.75) is 19.8 Å².